The number of nitrogens with two attached hydrogens (primary N) is 1. The van der Waals surface area contributed by atoms with Crippen LogP contribution in [0.2, 0.25) is 0 Å². The van der Waals surface area contributed by atoms with Gasteiger partial charge in [-0.05, 0) is 18.2 Å². The molecule has 108 valence electrons. The largest absolute Gasteiger partial charge is 0.351 e. The van der Waals surface area contributed by atoms with Crippen molar-refractivity contribution in [1.82, 2.24) is 15.5 Å². The molecule has 7 heteroatoms. The highest BCUT2D eigenvalue weighted by Gasteiger charge is 2.11. The molecule has 0 bridgehead atoms. The summed E-state index contributed by atoms with van der Waals surface area (Å²) in [7, 11) is 0. The number of rotatable bonds is 4. The van der Waals surface area contributed by atoms with Crippen molar-refractivity contribution in [3.8, 4) is 11.8 Å². The normalized spacial score (nSPS) is 9.81. The van der Waals surface area contributed by atoms with Crippen LogP contribution in [-0.4, -0.2) is 29.1 Å². The summed E-state index contributed by atoms with van der Waals surface area (Å²) in [5, 5.41) is 6.19. The zero-order chi connectivity index (χ0) is 15.1. The van der Waals surface area contributed by atoms with Crippen LogP contribution in [0.3, 0.4) is 0 Å². The molecule has 0 saturated heterocycles. The van der Waals surface area contributed by atoms with E-state index in [-0.39, 0.29) is 18.7 Å². The molecule has 2 rings (SSSR count). The summed E-state index contributed by atoms with van der Waals surface area (Å²) in [6, 6.07) is 4.16. The van der Waals surface area contributed by atoms with Gasteiger partial charge in [0.15, 0.2) is 5.82 Å². The Morgan fingerprint density at radius 2 is 2.33 bits per heavy atom. The van der Waals surface area contributed by atoms with Crippen LogP contribution in [0.15, 0.2) is 29.1 Å². The predicted molar refractivity (Wildman–Crippen MR) is 72.7 cm³/mol. The summed E-state index contributed by atoms with van der Waals surface area (Å²) in [6.45, 7) is 0.479. The van der Waals surface area contributed by atoms with Crippen LogP contribution in [0.25, 0.3) is 0 Å². The van der Waals surface area contributed by atoms with Crippen LogP contribution < -0.4 is 11.1 Å². The van der Waals surface area contributed by atoms with E-state index in [1.165, 1.54) is 18.5 Å². The van der Waals surface area contributed by atoms with E-state index in [0.717, 1.165) is 0 Å². The Bertz CT molecular complexity index is 674. The minimum Gasteiger partial charge on any atom is -0.351 e. The van der Waals surface area contributed by atoms with E-state index in [4.69, 9.17) is 5.73 Å². The lowest BCUT2D eigenvalue weighted by atomic mass is 10.1. The number of hydrogen-bond donors (Lipinski definition) is 2. The molecule has 0 aliphatic carbocycles. The lowest BCUT2D eigenvalue weighted by molar-refractivity contribution is 0.0950. The molecule has 2 aromatic rings. The molecular formula is C14H13FN4O2. The van der Waals surface area contributed by atoms with Crippen LogP contribution in [0, 0.1) is 17.7 Å². The van der Waals surface area contributed by atoms with Gasteiger partial charge >= 0.3 is 0 Å². The van der Waals surface area contributed by atoms with Gasteiger partial charge in [0.2, 0.25) is 6.39 Å². The fourth-order valence-electron chi connectivity index (χ4n) is 1.62. The van der Waals surface area contributed by atoms with Gasteiger partial charge in [-0.15, -0.1) is 0 Å². The third-order valence-electron chi connectivity index (χ3n) is 2.59. The second-order valence-corrected chi connectivity index (χ2v) is 4.05. The van der Waals surface area contributed by atoms with Gasteiger partial charge < -0.3 is 15.6 Å². The van der Waals surface area contributed by atoms with E-state index in [1.54, 1.807) is 6.07 Å². The first-order chi connectivity index (χ1) is 10.2. The zero-order valence-corrected chi connectivity index (χ0v) is 11.1. The van der Waals surface area contributed by atoms with Crippen LogP contribution in [0.5, 0.6) is 0 Å². The topological polar surface area (TPSA) is 94.0 Å². The number of benzene rings is 1. The smallest absolute Gasteiger partial charge is 0.254 e. The van der Waals surface area contributed by atoms with Crippen molar-refractivity contribution in [1.29, 1.82) is 0 Å². The van der Waals surface area contributed by atoms with Crippen molar-refractivity contribution >= 4 is 5.91 Å². The molecule has 0 atom stereocenters. The number of halogens is 1. The maximum absolute atomic E-state index is 13.8. The van der Waals surface area contributed by atoms with Crippen molar-refractivity contribution < 1.29 is 13.7 Å². The Morgan fingerprint density at radius 1 is 1.48 bits per heavy atom. The van der Waals surface area contributed by atoms with Gasteiger partial charge in [-0.3, -0.25) is 4.79 Å². The van der Waals surface area contributed by atoms with Gasteiger partial charge in [-0.1, -0.05) is 17.0 Å². The molecule has 0 saturated carbocycles. The summed E-state index contributed by atoms with van der Waals surface area (Å²) in [6.07, 6.45) is 1.61. The van der Waals surface area contributed by atoms with E-state index < -0.39 is 11.7 Å². The number of carbonyl (C=O) groups is 1. The van der Waals surface area contributed by atoms with Crippen molar-refractivity contribution in [2.45, 2.75) is 6.42 Å². The monoisotopic (exact) mass is 288 g/mol. The summed E-state index contributed by atoms with van der Waals surface area (Å²) in [5.41, 5.74) is 5.67. The second-order valence-electron chi connectivity index (χ2n) is 4.05. The summed E-state index contributed by atoms with van der Waals surface area (Å²) in [5.74, 6) is 4.66. The van der Waals surface area contributed by atoms with E-state index >= 15 is 0 Å². The third-order valence-corrected chi connectivity index (χ3v) is 2.59. The maximum atomic E-state index is 13.8. The van der Waals surface area contributed by atoms with Crippen molar-refractivity contribution in [3.05, 3.63) is 47.4 Å². The summed E-state index contributed by atoms with van der Waals surface area (Å²) < 4.78 is 18.4. The lowest BCUT2D eigenvalue weighted by Crippen LogP contribution is -2.26. The number of nitrogens with one attached hydrogen (secondary N) is 1. The van der Waals surface area contributed by atoms with Crippen LogP contribution in [0.1, 0.15) is 21.7 Å². The molecule has 0 unspecified atom stereocenters. The van der Waals surface area contributed by atoms with E-state index in [2.05, 4.69) is 31.8 Å². The number of amides is 1. The van der Waals surface area contributed by atoms with Crippen molar-refractivity contribution in [3.63, 3.8) is 0 Å². The van der Waals surface area contributed by atoms with Crippen molar-refractivity contribution in [2.75, 3.05) is 13.1 Å². The molecule has 1 aromatic heterocycles. The minimum absolute atomic E-state index is 0.0404. The molecule has 1 amide bonds. The molecule has 6 nitrogen and oxygen atoms in total. The molecule has 0 aliphatic heterocycles. The highest BCUT2D eigenvalue weighted by atomic mass is 19.1. The molecule has 1 heterocycles. The Balaban J connectivity index is 1.95. The summed E-state index contributed by atoms with van der Waals surface area (Å²) in [4.78, 5) is 15.7. The number of carbonyl (C=O) groups excluding carboxylic acids is 1. The van der Waals surface area contributed by atoms with E-state index in [9.17, 15) is 9.18 Å². The number of aromatic nitrogens is 2. The van der Waals surface area contributed by atoms with Gasteiger partial charge in [0.25, 0.3) is 5.91 Å². The standard InChI is InChI=1S/C14H13FN4O2/c15-12-8-10(2-1-6-16)3-4-11(12)14(20)17-7-5-13-18-9-21-19-13/h3-4,8-9H,5-7,16H2,(H,17,20). The number of hydrogen-bond acceptors (Lipinski definition) is 5. The highest BCUT2D eigenvalue weighted by molar-refractivity contribution is 5.94. The molecule has 3 N–H and O–H groups in total. The van der Waals surface area contributed by atoms with E-state index in [0.29, 0.717) is 17.8 Å². The first kappa shape index (κ1) is 14.7. The fourth-order valence-corrected chi connectivity index (χ4v) is 1.62. The SMILES string of the molecule is NCC#Cc1ccc(C(=O)NCCc2ncon2)c(F)c1. The van der Waals surface area contributed by atoms with E-state index in [1.807, 2.05) is 0 Å². The van der Waals surface area contributed by atoms with Crippen LogP contribution >= 0.6 is 0 Å². The first-order valence-electron chi connectivity index (χ1n) is 6.22. The lowest BCUT2D eigenvalue weighted by Gasteiger charge is -2.05. The minimum atomic E-state index is -0.629. The first-order valence-corrected chi connectivity index (χ1v) is 6.22. The maximum Gasteiger partial charge on any atom is 0.254 e. The van der Waals surface area contributed by atoms with Gasteiger partial charge in [0.1, 0.15) is 5.82 Å². The molecule has 0 spiro atoms. The van der Waals surface area contributed by atoms with Crippen LogP contribution in [-0.2, 0) is 6.42 Å². The van der Waals surface area contributed by atoms with Gasteiger partial charge in [0, 0.05) is 18.5 Å². The van der Waals surface area contributed by atoms with Gasteiger partial charge in [-0.2, -0.15) is 4.98 Å². The molecule has 21 heavy (non-hydrogen) atoms. The Labute approximate surface area is 120 Å². The molecule has 0 radical (unpaired) electrons. The zero-order valence-electron chi connectivity index (χ0n) is 11.1. The Kier molecular flexibility index (Phi) is 5.01. The molecule has 1 aromatic carbocycles. The Hall–Kier alpha value is -2.72. The van der Waals surface area contributed by atoms with Crippen LogP contribution in [0.4, 0.5) is 4.39 Å². The molecule has 0 aliphatic rings. The van der Waals surface area contributed by atoms with Gasteiger partial charge in [-0.25, -0.2) is 4.39 Å². The second kappa shape index (κ2) is 7.17. The molecule has 0 fully saturated rings. The fraction of sp³-hybridized carbons (Fsp3) is 0.214. The van der Waals surface area contributed by atoms with Crippen molar-refractivity contribution in [2.24, 2.45) is 5.73 Å². The highest BCUT2D eigenvalue weighted by Crippen LogP contribution is 2.09. The van der Waals surface area contributed by atoms with Gasteiger partial charge in [0.05, 0.1) is 12.1 Å². The quantitative estimate of drug-likeness (QED) is 0.799. The average Bonchev–Trinajstić information content (AvgIpc) is 2.98. The summed E-state index contributed by atoms with van der Waals surface area (Å²) >= 11 is 0. The predicted octanol–water partition coefficient (Wildman–Crippen LogP) is 0.491. The number of nitrogens with zero attached hydrogens (tertiary/aromatic N) is 2. The average molecular weight is 288 g/mol. The Morgan fingerprint density at radius 3 is 3.00 bits per heavy atom. The molecular weight excluding hydrogens is 275 g/mol. The third kappa shape index (κ3) is 4.12.